The molecule has 0 saturated carbocycles. The summed E-state index contributed by atoms with van der Waals surface area (Å²) in [5.41, 5.74) is -1.28. The van der Waals surface area contributed by atoms with Crippen LogP contribution in [0.4, 0.5) is 13.2 Å². The monoisotopic (exact) mass is 511 g/mol. The van der Waals surface area contributed by atoms with Gasteiger partial charge in [-0.05, 0) is 48.9 Å². The van der Waals surface area contributed by atoms with Gasteiger partial charge in [0.25, 0.3) is 5.60 Å². The molecule has 0 radical (unpaired) electrons. The number of carbonyl (C=O) groups excluding carboxylic acids is 1. The van der Waals surface area contributed by atoms with E-state index in [4.69, 9.17) is 44.4 Å². The number of benzene rings is 1. The van der Waals surface area contributed by atoms with E-state index in [0.29, 0.717) is 22.6 Å². The number of alkyl halides is 3. The topological polar surface area (TPSA) is 47.9 Å². The van der Waals surface area contributed by atoms with Crippen molar-refractivity contribution in [2.75, 3.05) is 7.11 Å². The van der Waals surface area contributed by atoms with Gasteiger partial charge in [0.1, 0.15) is 10.6 Å². The fourth-order valence-corrected chi connectivity index (χ4v) is 5.83. The van der Waals surface area contributed by atoms with Gasteiger partial charge in [-0.25, -0.2) is 4.79 Å². The number of oxime groups is 1. The minimum absolute atomic E-state index is 0.0430. The van der Waals surface area contributed by atoms with Gasteiger partial charge in [0.05, 0.1) is 33.5 Å². The van der Waals surface area contributed by atoms with Crippen molar-refractivity contribution in [2.24, 2.45) is 5.16 Å². The first-order chi connectivity index (χ1) is 14.6. The first-order valence-electron chi connectivity index (χ1n) is 9.29. The highest BCUT2D eigenvalue weighted by Crippen LogP contribution is 2.51. The average molecular weight is 513 g/mol. The number of halogens is 6. The Morgan fingerprint density at radius 1 is 1.16 bits per heavy atom. The van der Waals surface area contributed by atoms with Crippen molar-refractivity contribution in [1.29, 1.82) is 0 Å². The first kappa shape index (κ1) is 22.7. The van der Waals surface area contributed by atoms with Crippen LogP contribution in [-0.4, -0.2) is 25.0 Å². The van der Waals surface area contributed by atoms with Crippen LogP contribution in [0.5, 0.6) is 0 Å². The van der Waals surface area contributed by atoms with E-state index in [1.807, 2.05) is 0 Å². The summed E-state index contributed by atoms with van der Waals surface area (Å²) in [5, 5.41) is 3.55. The number of rotatable bonds is 3. The summed E-state index contributed by atoms with van der Waals surface area (Å²) in [5.74, 6) is -0.507. The number of thiophene rings is 1. The molecule has 0 amide bonds. The summed E-state index contributed by atoms with van der Waals surface area (Å²) in [7, 11) is 1.27. The predicted octanol–water partition coefficient (Wildman–Crippen LogP) is 6.96. The van der Waals surface area contributed by atoms with E-state index in [-0.39, 0.29) is 26.3 Å². The van der Waals surface area contributed by atoms with E-state index in [1.165, 1.54) is 7.11 Å². The zero-order chi connectivity index (χ0) is 22.6. The van der Waals surface area contributed by atoms with Crippen LogP contribution in [0.25, 0.3) is 0 Å². The van der Waals surface area contributed by atoms with E-state index >= 15 is 0 Å². The van der Waals surface area contributed by atoms with Gasteiger partial charge in [0, 0.05) is 5.56 Å². The second-order valence-electron chi connectivity index (χ2n) is 7.30. The van der Waals surface area contributed by atoms with Crippen LogP contribution >= 0.6 is 46.1 Å². The van der Waals surface area contributed by atoms with Gasteiger partial charge < -0.3 is 9.57 Å². The molecule has 0 N–H and O–H groups in total. The van der Waals surface area contributed by atoms with Crippen molar-refractivity contribution in [2.45, 2.75) is 43.9 Å². The van der Waals surface area contributed by atoms with Crippen LogP contribution in [-0.2, 0) is 28.0 Å². The average Bonchev–Trinajstić information content (AvgIpc) is 3.34. The molecule has 1 atom stereocenters. The fourth-order valence-electron chi connectivity index (χ4n) is 3.94. The standard InChI is InChI=1S/C20H15Cl3F3NO3S/c1-29-18(28)17-11-5-3-2-4-10(11)16(31-17)14-8-19(30-27-14,20(24,25)26)9-6-12(21)15(23)13(22)7-9/h6-7H,2-5,8H2,1H3/t19-/m0/s1. The quantitative estimate of drug-likeness (QED) is 0.330. The lowest BCUT2D eigenvalue weighted by molar-refractivity contribution is -0.275. The number of carbonyl (C=O) groups is 1. The maximum absolute atomic E-state index is 14.3. The van der Waals surface area contributed by atoms with E-state index in [0.717, 1.165) is 47.4 Å². The highest BCUT2D eigenvalue weighted by Gasteiger charge is 2.62. The minimum atomic E-state index is -4.82. The molecule has 2 aliphatic rings. The van der Waals surface area contributed by atoms with Gasteiger partial charge >= 0.3 is 12.1 Å². The molecule has 4 rings (SSSR count). The van der Waals surface area contributed by atoms with Crippen molar-refractivity contribution in [1.82, 2.24) is 0 Å². The number of ether oxygens (including phenoxy) is 1. The maximum Gasteiger partial charge on any atom is 0.435 e. The number of methoxy groups -OCH3 is 1. The molecule has 4 nitrogen and oxygen atoms in total. The van der Waals surface area contributed by atoms with Crippen LogP contribution in [0.3, 0.4) is 0 Å². The van der Waals surface area contributed by atoms with Gasteiger partial charge in [0.2, 0.25) is 0 Å². The molecule has 0 spiro atoms. The van der Waals surface area contributed by atoms with E-state index in [2.05, 4.69) is 5.16 Å². The molecule has 1 aromatic carbocycles. The third-order valence-electron chi connectivity index (χ3n) is 5.49. The number of hydrogen-bond donors (Lipinski definition) is 0. The summed E-state index contributed by atoms with van der Waals surface area (Å²) in [4.78, 5) is 18.2. The van der Waals surface area contributed by atoms with Crippen molar-refractivity contribution in [3.05, 3.63) is 53.6 Å². The molecule has 11 heteroatoms. The Morgan fingerprint density at radius 2 is 1.77 bits per heavy atom. The van der Waals surface area contributed by atoms with E-state index < -0.39 is 24.2 Å². The van der Waals surface area contributed by atoms with Crippen molar-refractivity contribution >= 4 is 57.8 Å². The van der Waals surface area contributed by atoms with Crippen LogP contribution in [0.2, 0.25) is 15.1 Å². The zero-order valence-electron chi connectivity index (χ0n) is 16.0. The molecule has 2 heterocycles. The summed E-state index contributed by atoms with van der Waals surface area (Å²) >= 11 is 19.0. The normalized spacial score (nSPS) is 20.8. The van der Waals surface area contributed by atoms with Gasteiger partial charge in [0.15, 0.2) is 0 Å². The molecular weight excluding hydrogens is 498 g/mol. The van der Waals surface area contributed by atoms with Crippen molar-refractivity contribution in [3.8, 4) is 0 Å². The number of esters is 1. The van der Waals surface area contributed by atoms with E-state index in [9.17, 15) is 18.0 Å². The van der Waals surface area contributed by atoms with E-state index in [1.54, 1.807) is 0 Å². The number of hydrogen-bond acceptors (Lipinski definition) is 5. The highest BCUT2D eigenvalue weighted by atomic mass is 35.5. The molecule has 2 aromatic rings. The Morgan fingerprint density at radius 3 is 2.35 bits per heavy atom. The third kappa shape index (κ3) is 3.71. The van der Waals surface area contributed by atoms with Gasteiger partial charge in [-0.1, -0.05) is 40.0 Å². The summed E-state index contributed by atoms with van der Waals surface area (Å²) in [6, 6.07) is 2.18. The predicted molar refractivity (Wildman–Crippen MR) is 114 cm³/mol. The second-order valence-corrected chi connectivity index (χ2v) is 9.51. The Hall–Kier alpha value is -1.48. The molecule has 0 bridgehead atoms. The molecule has 0 unspecified atom stereocenters. The van der Waals surface area contributed by atoms with Gasteiger partial charge in [-0.3, -0.25) is 0 Å². The molecule has 31 heavy (non-hydrogen) atoms. The van der Waals surface area contributed by atoms with Crippen molar-refractivity contribution < 1.29 is 27.5 Å². The maximum atomic E-state index is 14.3. The minimum Gasteiger partial charge on any atom is -0.465 e. The Bertz CT molecular complexity index is 1080. The molecule has 166 valence electrons. The molecule has 0 fully saturated rings. The molecule has 0 saturated heterocycles. The lowest BCUT2D eigenvalue weighted by Gasteiger charge is -2.30. The second kappa shape index (κ2) is 8.14. The van der Waals surface area contributed by atoms with Crippen molar-refractivity contribution in [3.63, 3.8) is 0 Å². The van der Waals surface area contributed by atoms with Crippen LogP contribution in [0.15, 0.2) is 17.3 Å². The molecular formula is C20H15Cl3F3NO3S. The summed E-state index contributed by atoms with van der Waals surface area (Å²) in [6.45, 7) is 0. The number of nitrogens with zero attached hydrogens (tertiary/aromatic N) is 1. The molecule has 1 aromatic heterocycles. The largest absolute Gasteiger partial charge is 0.465 e. The SMILES string of the molecule is COC(=O)c1sc(C2=NO[C@@](c3cc(Cl)c(Cl)c(Cl)c3)(C(F)(F)F)C2)c2c1CCCC2. The fraction of sp³-hybridized carbons (Fsp3) is 0.400. The summed E-state index contributed by atoms with van der Waals surface area (Å²) < 4.78 is 47.7. The Balaban J connectivity index is 1.79. The third-order valence-corrected chi connectivity index (χ3v) is 7.99. The zero-order valence-corrected chi connectivity index (χ0v) is 19.1. The van der Waals surface area contributed by atoms with Crippen LogP contribution in [0.1, 0.15) is 50.5 Å². The Labute approximate surface area is 194 Å². The van der Waals surface area contributed by atoms with Gasteiger partial charge in [-0.2, -0.15) is 13.2 Å². The lowest BCUT2D eigenvalue weighted by atomic mass is 9.85. The van der Waals surface area contributed by atoms with Crippen LogP contribution < -0.4 is 0 Å². The lowest BCUT2D eigenvalue weighted by Crippen LogP contribution is -2.42. The number of fused-ring (bicyclic) bond motifs is 1. The van der Waals surface area contributed by atoms with Gasteiger partial charge in [-0.15, -0.1) is 11.3 Å². The summed E-state index contributed by atoms with van der Waals surface area (Å²) in [6.07, 6.45) is -2.33. The first-order valence-corrected chi connectivity index (χ1v) is 11.2. The molecule has 1 aliphatic heterocycles. The highest BCUT2D eigenvalue weighted by molar-refractivity contribution is 7.16. The smallest absolute Gasteiger partial charge is 0.435 e. The van der Waals surface area contributed by atoms with Crippen LogP contribution in [0, 0.1) is 0 Å². The Kier molecular flexibility index (Phi) is 5.96. The molecule has 1 aliphatic carbocycles.